The number of halogens is 1. The van der Waals surface area contributed by atoms with Crippen LogP contribution in [0.25, 0.3) is 0 Å². The van der Waals surface area contributed by atoms with E-state index >= 15 is 0 Å². The van der Waals surface area contributed by atoms with E-state index in [9.17, 15) is 17.6 Å². The molecule has 1 aliphatic rings. The molecule has 1 heterocycles. The molecule has 144 valence electrons. The number of anilines is 1. The lowest BCUT2D eigenvalue weighted by molar-refractivity contribution is -0.119. The summed E-state index contributed by atoms with van der Waals surface area (Å²) in [4.78, 5) is 12.8. The van der Waals surface area contributed by atoms with Gasteiger partial charge in [0.05, 0.1) is 12.0 Å². The molecule has 3 rings (SSSR count). The first-order valence-electron chi connectivity index (χ1n) is 8.56. The quantitative estimate of drug-likeness (QED) is 0.849. The first-order valence-corrected chi connectivity index (χ1v) is 10.00. The zero-order valence-electron chi connectivity index (χ0n) is 15.1. The highest BCUT2D eigenvalue weighted by Gasteiger charge is 2.40. The van der Waals surface area contributed by atoms with E-state index < -0.39 is 27.8 Å². The minimum absolute atomic E-state index is 0.118. The van der Waals surface area contributed by atoms with Crippen LogP contribution in [-0.4, -0.2) is 38.3 Å². The number of ether oxygens (including phenoxy) is 1. The van der Waals surface area contributed by atoms with Crippen molar-refractivity contribution in [2.75, 3.05) is 19.0 Å². The van der Waals surface area contributed by atoms with Crippen molar-refractivity contribution >= 4 is 21.6 Å². The van der Waals surface area contributed by atoms with Crippen LogP contribution in [0.15, 0.2) is 47.4 Å². The molecule has 1 atom stereocenters. The van der Waals surface area contributed by atoms with Gasteiger partial charge in [-0.2, -0.15) is 4.31 Å². The summed E-state index contributed by atoms with van der Waals surface area (Å²) in [5.74, 6) is -0.517. The Kier molecular flexibility index (Phi) is 5.48. The molecular formula is C19H21FN2O4S. The number of hydrogen-bond donors (Lipinski definition) is 1. The minimum Gasteiger partial charge on any atom is -0.497 e. The Balaban J connectivity index is 1.88. The van der Waals surface area contributed by atoms with Gasteiger partial charge in [0.1, 0.15) is 17.6 Å². The van der Waals surface area contributed by atoms with Gasteiger partial charge in [-0.3, -0.25) is 4.79 Å². The van der Waals surface area contributed by atoms with E-state index in [1.807, 2.05) is 0 Å². The van der Waals surface area contributed by atoms with Crippen LogP contribution >= 0.6 is 0 Å². The fraction of sp³-hybridized carbons (Fsp3) is 0.316. The van der Waals surface area contributed by atoms with Crippen LogP contribution in [0, 0.1) is 12.7 Å². The molecule has 6 nitrogen and oxygen atoms in total. The summed E-state index contributed by atoms with van der Waals surface area (Å²) in [6, 6.07) is 9.48. The summed E-state index contributed by atoms with van der Waals surface area (Å²) < 4.78 is 46.0. The third kappa shape index (κ3) is 3.96. The summed E-state index contributed by atoms with van der Waals surface area (Å²) in [7, 11) is -2.41. The molecule has 0 aliphatic carbocycles. The number of methoxy groups -OCH3 is 1. The monoisotopic (exact) mass is 392 g/mol. The zero-order chi connectivity index (χ0) is 19.6. The molecule has 0 bridgehead atoms. The van der Waals surface area contributed by atoms with Gasteiger partial charge in [0.15, 0.2) is 0 Å². The maximum Gasteiger partial charge on any atom is 0.244 e. The number of nitrogens with zero attached hydrogens (tertiary/aromatic N) is 1. The summed E-state index contributed by atoms with van der Waals surface area (Å²) >= 11 is 0. The maximum absolute atomic E-state index is 13.3. The van der Waals surface area contributed by atoms with Gasteiger partial charge in [-0.15, -0.1) is 0 Å². The van der Waals surface area contributed by atoms with Crippen molar-refractivity contribution in [2.24, 2.45) is 0 Å². The summed E-state index contributed by atoms with van der Waals surface area (Å²) in [6.07, 6.45) is 0.979. The number of carbonyl (C=O) groups excluding carboxylic acids is 1. The molecule has 2 aromatic carbocycles. The number of rotatable bonds is 5. The molecule has 2 aromatic rings. The largest absolute Gasteiger partial charge is 0.497 e. The van der Waals surface area contributed by atoms with Gasteiger partial charge in [-0.05, 0) is 49.6 Å². The molecule has 0 saturated carbocycles. The second-order valence-electron chi connectivity index (χ2n) is 6.40. The van der Waals surface area contributed by atoms with Gasteiger partial charge >= 0.3 is 0 Å². The van der Waals surface area contributed by atoms with E-state index in [2.05, 4.69) is 5.32 Å². The van der Waals surface area contributed by atoms with Crippen LogP contribution in [0.3, 0.4) is 0 Å². The van der Waals surface area contributed by atoms with Gasteiger partial charge in [-0.1, -0.05) is 12.1 Å². The Morgan fingerprint density at radius 1 is 1.26 bits per heavy atom. The molecule has 0 unspecified atom stereocenters. The van der Waals surface area contributed by atoms with E-state index in [-0.39, 0.29) is 11.4 Å². The fourth-order valence-corrected chi connectivity index (χ4v) is 5.09. The minimum atomic E-state index is -3.88. The van der Waals surface area contributed by atoms with Crippen molar-refractivity contribution in [2.45, 2.75) is 30.7 Å². The van der Waals surface area contributed by atoms with Gasteiger partial charge < -0.3 is 10.1 Å². The van der Waals surface area contributed by atoms with Crippen molar-refractivity contribution in [1.29, 1.82) is 0 Å². The SMILES string of the molecule is COc1ccc(C)c(S(=O)(=O)N2CCC[C@@H]2C(=O)Nc2cccc(F)c2)c1. The molecule has 27 heavy (non-hydrogen) atoms. The van der Waals surface area contributed by atoms with E-state index in [0.29, 0.717) is 29.8 Å². The molecular weight excluding hydrogens is 371 g/mol. The highest BCUT2D eigenvalue weighted by Crippen LogP contribution is 2.30. The number of benzene rings is 2. The van der Waals surface area contributed by atoms with Crippen molar-refractivity contribution in [3.63, 3.8) is 0 Å². The standard InChI is InChI=1S/C19H21FN2O4S/c1-13-8-9-16(26-2)12-18(13)27(24,25)22-10-4-7-17(22)19(23)21-15-6-3-5-14(20)11-15/h3,5-6,8-9,11-12,17H,4,7,10H2,1-2H3,(H,21,23)/t17-/m1/s1. The molecule has 1 fully saturated rings. The molecule has 1 aliphatic heterocycles. The molecule has 0 spiro atoms. The Bertz CT molecular complexity index is 962. The first kappa shape index (κ1) is 19.3. The Morgan fingerprint density at radius 3 is 2.74 bits per heavy atom. The van der Waals surface area contributed by atoms with E-state index in [1.165, 1.54) is 35.7 Å². The molecule has 1 amide bonds. The molecule has 1 saturated heterocycles. The predicted octanol–water partition coefficient (Wildman–Crippen LogP) is 2.93. The number of nitrogens with one attached hydrogen (secondary N) is 1. The lowest BCUT2D eigenvalue weighted by Crippen LogP contribution is -2.43. The van der Waals surface area contributed by atoms with Crippen LogP contribution in [0.1, 0.15) is 18.4 Å². The van der Waals surface area contributed by atoms with Crippen LogP contribution < -0.4 is 10.1 Å². The normalized spacial score (nSPS) is 17.7. The molecule has 0 aromatic heterocycles. The second kappa shape index (κ2) is 7.66. The molecule has 8 heteroatoms. The van der Waals surface area contributed by atoms with Crippen LogP contribution in [-0.2, 0) is 14.8 Å². The second-order valence-corrected chi connectivity index (χ2v) is 8.26. The van der Waals surface area contributed by atoms with E-state index in [1.54, 1.807) is 25.1 Å². The Labute approximate surface area is 158 Å². The van der Waals surface area contributed by atoms with Crippen molar-refractivity contribution in [1.82, 2.24) is 4.31 Å². The summed E-state index contributed by atoms with van der Waals surface area (Å²) in [5, 5.41) is 2.61. The Hall–Kier alpha value is -2.45. The maximum atomic E-state index is 13.3. The van der Waals surface area contributed by atoms with Crippen LogP contribution in [0.2, 0.25) is 0 Å². The highest BCUT2D eigenvalue weighted by atomic mass is 32.2. The first-order chi connectivity index (χ1) is 12.8. The number of aryl methyl sites for hydroxylation is 1. The van der Waals surface area contributed by atoms with Crippen LogP contribution in [0.4, 0.5) is 10.1 Å². The van der Waals surface area contributed by atoms with Crippen molar-refractivity contribution in [3.05, 3.63) is 53.8 Å². The average Bonchev–Trinajstić information content (AvgIpc) is 3.13. The highest BCUT2D eigenvalue weighted by molar-refractivity contribution is 7.89. The smallest absolute Gasteiger partial charge is 0.244 e. The van der Waals surface area contributed by atoms with Crippen molar-refractivity contribution in [3.8, 4) is 5.75 Å². The Morgan fingerprint density at radius 2 is 2.04 bits per heavy atom. The molecule has 0 radical (unpaired) electrons. The van der Waals surface area contributed by atoms with Gasteiger partial charge in [0.25, 0.3) is 0 Å². The number of hydrogen-bond acceptors (Lipinski definition) is 4. The number of amides is 1. The third-order valence-electron chi connectivity index (χ3n) is 4.58. The van der Waals surface area contributed by atoms with Gasteiger partial charge in [-0.25, -0.2) is 12.8 Å². The predicted molar refractivity (Wildman–Crippen MR) is 99.7 cm³/mol. The third-order valence-corrected chi connectivity index (χ3v) is 6.63. The summed E-state index contributed by atoms with van der Waals surface area (Å²) in [6.45, 7) is 1.95. The molecule has 1 N–H and O–H groups in total. The van der Waals surface area contributed by atoms with Gasteiger partial charge in [0.2, 0.25) is 15.9 Å². The topological polar surface area (TPSA) is 75.7 Å². The van der Waals surface area contributed by atoms with Crippen molar-refractivity contribution < 1.29 is 22.3 Å². The van der Waals surface area contributed by atoms with E-state index in [0.717, 1.165) is 0 Å². The lowest BCUT2D eigenvalue weighted by atomic mass is 10.2. The van der Waals surface area contributed by atoms with Gasteiger partial charge in [0, 0.05) is 18.3 Å². The van der Waals surface area contributed by atoms with Crippen LogP contribution in [0.5, 0.6) is 5.75 Å². The zero-order valence-corrected chi connectivity index (χ0v) is 15.9. The lowest BCUT2D eigenvalue weighted by Gasteiger charge is -2.24. The average molecular weight is 392 g/mol. The number of sulfonamides is 1. The van der Waals surface area contributed by atoms with E-state index in [4.69, 9.17) is 4.74 Å². The number of carbonyl (C=O) groups is 1. The summed E-state index contributed by atoms with van der Waals surface area (Å²) in [5.41, 5.74) is 0.869. The fourth-order valence-electron chi connectivity index (χ4n) is 3.19.